The predicted octanol–water partition coefficient (Wildman–Crippen LogP) is 2.15. The van der Waals surface area contributed by atoms with Gasteiger partial charge in [0.05, 0.1) is 11.7 Å². The van der Waals surface area contributed by atoms with Crippen molar-refractivity contribution < 1.29 is 27.5 Å². The van der Waals surface area contributed by atoms with E-state index in [1.54, 1.807) is 25.1 Å². The van der Waals surface area contributed by atoms with E-state index in [9.17, 15) is 22.8 Å². The fourth-order valence-electron chi connectivity index (χ4n) is 1.93. The van der Waals surface area contributed by atoms with E-state index in [0.717, 1.165) is 0 Å². The number of hydrogen-bond donors (Lipinski definition) is 2. The molecule has 1 aromatic rings. The highest BCUT2D eigenvalue weighted by Crippen LogP contribution is 2.30. The molecular formula is C13H13F3N2O3. The molecule has 0 bridgehead atoms. The van der Waals surface area contributed by atoms with Crippen molar-refractivity contribution in [1.29, 1.82) is 0 Å². The molecule has 0 radical (unpaired) electrons. The minimum Gasteiger partial charge on any atom is -0.482 e. The lowest BCUT2D eigenvalue weighted by atomic mass is 10.1. The van der Waals surface area contributed by atoms with Crippen LogP contribution in [-0.4, -0.2) is 24.6 Å². The molecule has 2 rings (SSSR count). The first-order valence-electron chi connectivity index (χ1n) is 6.17. The molecule has 0 aliphatic carbocycles. The molecular weight excluding hydrogens is 289 g/mol. The van der Waals surface area contributed by atoms with Crippen molar-refractivity contribution in [3.8, 4) is 5.75 Å². The van der Waals surface area contributed by atoms with E-state index in [1.165, 1.54) is 0 Å². The second kappa shape index (κ2) is 5.63. The van der Waals surface area contributed by atoms with Crippen LogP contribution in [0, 0.1) is 0 Å². The highest BCUT2D eigenvalue weighted by Gasteiger charge is 2.31. The van der Waals surface area contributed by atoms with E-state index in [0.29, 0.717) is 17.0 Å². The number of anilines is 1. The highest BCUT2D eigenvalue weighted by atomic mass is 19.4. The van der Waals surface area contributed by atoms with E-state index < -0.39 is 24.5 Å². The fourth-order valence-corrected chi connectivity index (χ4v) is 1.93. The van der Waals surface area contributed by atoms with Gasteiger partial charge in [-0.3, -0.25) is 9.59 Å². The summed E-state index contributed by atoms with van der Waals surface area (Å²) < 4.78 is 41.5. The first kappa shape index (κ1) is 15.1. The lowest BCUT2D eigenvalue weighted by Crippen LogP contribution is -2.31. The Morgan fingerprint density at radius 1 is 1.48 bits per heavy atom. The van der Waals surface area contributed by atoms with Gasteiger partial charge in [-0.1, -0.05) is 6.07 Å². The molecule has 0 fully saturated rings. The Morgan fingerprint density at radius 3 is 2.86 bits per heavy atom. The molecule has 1 heterocycles. The molecule has 0 unspecified atom stereocenters. The lowest BCUT2D eigenvalue weighted by Gasteiger charge is -2.21. The molecule has 1 aliphatic rings. The van der Waals surface area contributed by atoms with Crippen LogP contribution in [0.1, 0.15) is 24.9 Å². The van der Waals surface area contributed by atoms with Gasteiger partial charge in [-0.15, -0.1) is 0 Å². The van der Waals surface area contributed by atoms with Crippen molar-refractivity contribution in [3.63, 3.8) is 0 Å². The van der Waals surface area contributed by atoms with Crippen LogP contribution in [-0.2, 0) is 9.59 Å². The van der Waals surface area contributed by atoms with Gasteiger partial charge in [0, 0.05) is 0 Å². The predicted molar refractivity (Wildman–Crippen MR) is 67.8 cm³/mol. The van der Waals surface area contributed by atoms with Crippen molar-refractivity contribution in [1.82, 2.24) is 5.32 Å². The number of hydrogen-bond acceptors (Lipinski definition) is 3. The third kappa shape index (κ3) is 4.11. The average Bonchev–Trinajstić information content (AvgIpc) is 2.35. The lowest BCUT2D eigenvalue weighted by molar-refractivity contribution is -0.154. The number of halogens is 3. The van der Waals surface area contributed by atoms with Gasteiger partial charge in [0.25, 0.3) is 5.91 Å². The van der Waals surface area contributed by atoms with Crippen LogP contribution >= 0.6 is 0 Å². The van der Waals surface area contributed by atoms with Gasteiger partial charge in [-0.05, 0) is 24.6 Å². The van der Waals surface area contributed by atoms with E-state index >= 15 is 0 Å². The van der Waals surface area contributed by atoms with E-state index in [4.69, 9.17) is 4.74 Å². The SMILES string of the molecule is C[C@@H](NC(=O)CC(F)(F)F)c1ccc2c(c1)NC(=O)CO2. The quantitative estimate of drug-likeness (QED) is 0.899. The second-order valence-corrected chi connectivity index (χ2v) is 4.67. The molecule has 1 aliphatic heterocycles. The number of nitrogens with one attached hydrogen (secondary N) is 2. The van der Waals surface area contributed by atoms with Gasteiger partial charge in [0.2, 0.25) is 5.91 Å². The maximum atomic E-state index is 12.1. The monoisotopic (exact) mass is 302 g/mol. The number of benzene rings is 1. The van der Waals surface area contributed by atoms with Gasteiger partial charge in [-0.25, -0.2) is 0 Å². The average molecular weight is 302 g/mol. The summed E-state index contributed by atoms with van der Waals surface area (Å²) >= 11 is 0. The number of alkyl halides is 3. The zero-order valence-corrected chi connectivity index (χ0v) is 11.1. The van der Waals surface area contributed by atoms with Gasteiger partial charge in [0.1, 0.15) is 12.2 Å². The molecule has 0 saturated heterocycles. The second-order valence-electron chi connectivity index (χ2n) is 4.67. The fraction of sp³-hybridized carbons (Fsp3) is 0.385. The van der Waals surface area contributed by atoms with Crippen LogP contribution in [0.25, 0.3) is 0 Å². The molecule has 1 aromatic carbocycles. The van der Waals surface area contributed by atoms with Gasteiger partial charge >= 0.3 is 6.18 Å². The Hall–Kier alpha value is -2.25. The van der Waals surface area contributed by atoms with Crippen LogP contribution in [0.4, 0.5) is 18.9 Å². The minimum atomic E-state index is -4.54. The summed E-state index contributed by atoms with van der Waals surface area (Å²) in [4.78, 5) is 22.5. The molecule has 0 spiro atoms. The van der Waals surface area contributed by atoms with Gasteiger partial charge < -0.3 is 15.4 Å². The third-order valence-electron chi connectivity index (χ3n) is 2.87. The number of amides is 2. The molecule has 114 valence electrons. The third-order valence-corrected chi connectivity index (χ3v) is 2.87. The number of fused-ring (bicyclic) bond motifs is 1. The maximum absolute atomic E-state index is 12.1. The molecule has 0 aromatic heterocycles. The molecule has 8 heteroatoms. The van der Waals surface area contributed by atoms with Crippen molar-refractivity contribution in [2.24, 2.45) is 0 Å². The normalized spacial score (nSPS) is 15.5. The Balaban J connectivity index is 2.06. The highest BCUT2D eigenvalue weighted by molar-refractivity contribution is 5.95. The summed E-state index contributed by atoms with van der Waals surface area (Å²) in [6.45, 7) is 1.48. The largest absolute Gasteiger partial charge is 0.482 e. The standard InChI is InChI=1S/C13H13F3N2O3/c1-7(17-11(19)5-13(14,15)16)8-2-3-10-9(4-8)18-12(20)6-21-10/h2-4,7H,5-6H2,1H3,(H,17,19)(H,18,20)/t7-/m1/s1. The first-order valence-corrected chi connectivity index (χ1v) is 6.17. The summed E-state index contributed by atoms with van der Waals surface area (Å²) in [6, 6.07) is 4.15. The summed E-state index contributed by atoms with van der Waals surface area (Å²) in [5.41, 5.74) is 0.996. The van der Waals surface area contributed by atoms with Crippen LogP contribution in [0.2, 0.25) is 0 Å². The van der Waals surface area contributed by atoms with Crippen molar-refractivity contribution in [2.45, 2.75) is 25.6 Å². The zero-order chi connectivity index (χ0) is 15.6. The summed E-state index contributed by atoms with van der Waals surface area (Å²) in [5.74, 6) is -0.936. The Kier molecular flexibility index (Phi) is 4.06. The Morgan fingerprint density at radius 2 is 2.19 bits per heavy atom. The molecule has 21 heavy (non-hydrogen) atoms. The molecule has 1 atom stereocenters. The van der Waals surface area contributed by atoms with Crippen LogP contribution in [0.5, 0.6) is 5.75 Å². The molecule has 2 N–H and O–H groups in total. The van der Waals surface area contributed by atoms with Crippen molar-refractivity contribution >= 4 is 17.5 Å². The van der Waals surface area contributed by atoms with Gasteiger partial charge in [-0.2, -0.15) is 13.2 Å². The zero-order valence-electron chi connectivity index (χ0n) is 11.1. The minimum absolute atomic E-state index is 0.0791. The van der Waals surface area contributed by atoms with Crippen LogP contribution in [0.3, 0.4) is 0 Å². The van der Waals surface area contributed by atoms with E-state index in [1.807, 2.05) is 0 Å². The summed E-state index contributed by atoms with van der Waals surface area (Å²) in [7, 11) is 0. The Bertz CT molecular complexity index is 572. The molecule has 2 amide bonds. The van der Waals surface area contributed by atoms with Crippen molar-refractivity contribution in [2.75, 3.05) is 11.9 Å². The Labute approximate surface area is 118 Å². The topological polar surface area (TPSA) is 67.4 Å². The smallest absolute Gasteiger partial charge is 0.397 e. The number of carbonyl (C=O) groups is 2. The van der Waals surface area contributed by atoms with Gasteiger partial charge in [0.15, 0.2) is 6.61 Å². The summed E-state index contributed by atoms with van der Waals surface area (Å²) in [6.07, 6.45) is -6.07. The van der Waals surface area contributed by atoms with Crippen LogP contribution in [0.15, 0.2) is 18.2 Å². The van der Waals surface area contributed by atoms with Crippen molar-refractivity contribution in [3.05, 3.63) is 23.8 Å². The van der Waals surface area contributed by atoms with Crippen LogP contribution < -0.4 is 15.4 Å². The van der Waals surface area contributed by atoms with E-state index in [2.05, 4.69) is 10.6 Å². The maximum Gasteiger partial charge on any atom is 0.397 e. The number of rotatable bonds is 3. The first-order chi connectivity index (χ1) is 9.74. The molecule has 0 saturated carbocycles. The molecule has 5 nitrogen and oxygen atoms in total. The van der Waals surface area contributed by atoms with E-state index in [-0.39, 0.29) is 12.5 Å². The summed E-state index contributed by atoms with van der Waals surface area (Å²) in [5, 5.41) is 4.85. The number of carbonyl (C=O) groups excluding carboxylic acids is 2. The number of ether oxygens (including phenoxy) is 1.